The smallest absolute Gasteiger partial charge is 0.374 e. The average Bonchev–Trinajstić information content (AvgIpc) is 3.17. The number of benzene rings is 2. The van der Waals surface area contributed by atoms with Crippen LogP contribution in [0.1, 0.15) is 16.2 Å². The largest absolute Gasteiger partial charge is 0.455 e. The third-order valence-electron chi connectivity index (χ3n) is 4.27. The van der Waals surface area contributed by atoms with Gasteiger partial charge in [0.2, 0.25) is 5.82 Å². The molecular formula is C20H17F5N4O2. The maximum Gasteiger partial charge on any atom is 0.455 e. The Morgan fingerprint density at radius 3 is 2.23 bits per heavy atom. The minimum atomic E-state index is -5.65. The molecule has 0 aliphatic heterocycles. The van der Waals surface area contributed by atoms with Crippen LogP contribution in [0.25, 0.3) is 17.1 Å². The summed E-state index contributed by atoms with van der Waals surface area (Å²) >= 11 is 0. The first-order chi connectivity index (χ1) is 14.6. The third kappa shape index (κ3) is 5.23. The third-order valence-corrected chi connectivity index (χ3v) is 4.27. The number of carbonyl (C=O) groups excluding carboxylic acids is 1. The molecule has 0 saturated carbocycles. The predicted octanol–water partition coefficient (Wildman–Crippen LogP) is 3.79. The van der Waals surface area contributed by atoms with Gasteiger partial charge in [0.15, 0.2) is 5.82 Å². The first kappa shape index (κ1) is 22.3. The molecule has 0 aliphatic rings. The van der Waals surface area contributed by atoms with Crippen LogP contribution in [-0.4, -0.2) is 46.0 Å². The van der Waals surface area contributed by atoms with Gasteiger partial charge in [-0.15, -0.1) is 5.10 Å². The lowest BCUT2D eigenvalue weighted by Gasteiger charge is -2.19. The van der Waals surface area contributed by atoms with Gasteiger partial charge in [-0.2, -0.15) is 22.0 Å². The van der Waals surface area contributed by atoms with E-state index in [4.69, 9.17) is 5.73 Å². The summed E-state index contributed by atoms with van der Waals surface area (Å²) in [7, 11) is 0. The van der Waals surface area contributed by atoms with Gasteiger partial charge in [0, 0.05) is 5.56 Å². The fourth-order valence-corrected chi connectivity index (χ4v) is 2.65. The first-order valence-corrected chi connectivity index (χ1v) is 9.02. The molecule has 1 aromatic heterocycles. The van der Waals surface area contributed by atoms with E-state index in [0.717, 1.165) is 0 Å². The molecule has 3 rings (SSSR count). The van der Waals surface area contributed by atoms with Crippen LogP contribution in [0, 0.1) is 0 Å². The molecule has 164 valence electrons. The van der Waals surface area contributed by atoms with Crippen LogP contribution < -0.4 is 5.73 Å². The van der Waals surface area contributed by atoms with Crippen LogP contribution >= 0.6 is 0 Å². The fraction of sp³-hybridized carbons (Fsp3) is 0.250. The zero-order valence-corrected chi connectivity index (χ0v) is 15.9. The number of nitrogens with zero attached hydrogens (tertiary/aromatic N) is 3. The number of alkyl halides is 5. The number of aromatic nitrogens is 3. The molecule has 0 atom stereocenters. The van der Waals surface area contributed by atoms with Crippen molar-refractivity contribution in [3.63, 3.8) is 0 Å². The van der Waals surface area contributed by atoms with E-state index in [9.17, 15) is 26.7 Å². The summed E-state index contributed by atoms with van der Waals surface area (Å²) in [5.41, 5.74) is 7.18. The Morgan fingerprint density at radius 2 is 1.65 bits per heavy atom. The van der Waals surface area contributed by atoms with Crippen LogP contribution in [0.4, 0.5) is 22.0 Å². The van der Waals surface area contributed by atoms with Gasteiger partial charge in [-0.25, -0.2) is 9.67 Å². The lowest BCUT2D eigenvalue weighted by Crippen LogP contribution is -2.40. The molecule has 11 heteroatoms. The minimum absolute atomic E-state index is 0.129. The number of carbonyl (C=O) groups is 1. The van der Waals surface area contributed by atoms with E-state index in [1.807, 2.05) is 6.07 Å². The van der Waals surface area contributed by atoms with Gasteiger partial charge in [0.1, 0.15) is 6.61 Å². The van der Waals surface area contributed by atoms with Crippen LogP contribution in [-0.2, 0) is 11.2 Å². The lowest BCUT2D eigenvalue weighted by atomic mass is 10.1. The SMILES string of the molecule is NC(=O)c1nc(-c2ccccc2)n(-c2ccc(CCOCC(F)(F)C(F)(F)F)cc2)n1. The highest BCUT2D eigenvalue weighted by atomic mass is 19.4. The number of hydrogen-bond acceptors (Lipinski definition) is 4. The first-order valence-electron chi connectivity index (χ1n) is 9.02. The van der Waals surface area contributed by atoms with Crippen molar-refractivity contribution in [2.75, 3.05) is 13.2 Å². The molecule has 0 unspecified atom stereocenters. The van der Waals surface area contributed by atoms with Gasteiger partial charge in [0.25, 0.3) is 5.91 Å². The van der Waals surface area contributed by atoms with E-state index >= 15 is 0 Å². The van der Waals surface area contributed by atoms with E-state index < -0.39 is 24.6 Å². The van der Waals surface area contributed by atoms with Crippen molar-refractivity contribution >= 4 is 5.91 Å². The molecule has 3 aromatic rings. The summed E-state index contributed by atoms with van der Waals surface area (Å²) in [5, 5.41) is 4.13. The highest BCUT2D eigenvalue weighted by molar-refractivity contribution is 5.89. The maximum atomic E-state index is 12.8. The number of amides is 1. The van der Waals surface area contributed by atoms with Gasteiger partial charge in [-0.05, 0) is 24.1 Å². The summed E-state index contributed by atoms with van der Waals surface area (Å²) in [4.78, 5) is 15.7. The molecule has 1 amide bonds. The molecule has 0 spiro atoms. The summed E-state index contributed by atoms with van der Waals surface area (Å²) in [6.07, 6.45) is -5.52. The van der Waals surface area contributed by atoms with Crippen molar-refractivity contribution < 1.29 is 31.5 Å². The topological polar surface area (TPSA) is 83.0 Å². The minimum Gasteiger partial charge on any atom is -0.374 e. The Kier molecular flexibility index (Phi) is 6.34. The van der Waals surface area contributed by atoms with Crippen molar-refractivity contribution in [2.45, 2.75) is 18.5 Å². The standard InChI is InChI=1S/C20H17F5N4O2/c21-19(22,20(23,24)25)12-31-11-10-13-6-8-15(9-7-13)29-18(14-4-2-1-3-5-14)27-17(28-29)16(26)30/h1-9H,10-12H2,(H2,26,30). The Labute approximate surface area is 173 Å². The van der Waals surface area contributed by atoms with Crippen LogP contribution in [0.3, 0.4) is 0 Å². The maximum absolute atomic E-state index is 12.8. The monoisotopic (exact) mass is 440 g/mol. The lowest BCUT2D eigenvalue weighted by molar-refractivity contribution is -0.296. The molecule has 31 heavy (non-hydrogen) atoms. The molecule has 1 heterocycles. The second-order valence-electron chi connectivity index (χ2n) is 6.57. The van der Waals surface area contributed by atoms with Crippen molar-refractivity contribution in [1.82, 2.24) is 14.8 Å². The van der Waals surface area contributed by atoms with Crippen LogP contribution in [0.15, 0.2) is 54.6 Å². The second kappa shape index (κ2) is 8.80. The molecule has 2 N–H and O–H groups in total. The summed E-state index contributed by atoms with van der Waals surface area (Å²) in [5.74, 6) is -5.46. The van der Waals surface area contributed by atoms with Gasteiger partial charge < -0.3 is 10.5 Å². The van der Waals surface area contributed by atoms with E-state index in [1.54, 1.807) is 48.5 Å². The molecule has 0 saturated heterocycles. The van der Waals surface area contributed by atoms with E-state index in [-0.39, 0.29) is 18.9 Å². The van der Waals surface area contributed by atoms with Gasteiger partial charge in [-0.3, -0.25) is 4.79 Å². The second-order valence-corrected chi connectivity index (χ2v) is 6.57. The highest BCUT2D eigenvalue weighted by Crippen LogP contribution is 2.35. The van der Waals surface area contributed by atoms with Gasteiger partial charge in [-0.1, -0.05) is 42.5 Å². The van der Waals surface area contributed by atoms with Crippen molar-refractivity contribution in [3.8, 4) is 17.1 Å². The number of hydrogen-bond donors (Lipinski definition) is 1. The molecular weight excluding hydrogens is 423 g/mol. The summed E-state index contributed by atoms with van der Waals surface area (Å²) < 4.78 is 68.0. The Morgan fingerprint density at radius 1 is 1.00 bits per heavy atom. The average molecular weight is 440 g/mol. The van der Waals surface area contributed by atoms with Gasteiger partial charge in [0.05, 0.1) is 12.3 Å². The molecule has 6 nitrogen and oxygen atoms in total. The highest BCUT2D eigenvalue weighted by Gasteiger charge is 2.57. The normalized spacial score (nSPS) is 12.2. The number of primary amides is 1. The summed E-state index contributed by atoms with van der Waals surface area (Å²) in [6, 6.07) is 15.6. The number of nitrogens with two attached hydrogens (primary N) is 1. The molecule has 0 bridgehead atoms. The fourth-order valence-electron chi connectivity index (χ4n) is 2.65. The molecule has 2 aromatic carbocycles. The predicted molar refractivity (Wildman–Crippen MR) is 101 cm³/mol. The molecule has 0 radical (unpaired) electrons. The number of ether oxygens (including phenoxy) is 1. The number of halogens is 5. The Hall–Kier alpha value is -3.34. The van der Waals surface area contributed by atoms with Crippen molar-refractivity contribution in [1.29, 1.82) is 0 Å². The van der Waals surface area contributed by atoms with E-state index in [0.29, 0.717) is 22.6 Å². The zero-order valence-electron chi connectivity index (χ0n) is 15.9. The molecule has 0 fully saturated rings. The number of rotatable bonds is 8. The van der Waals surface area contributed by atoms with Gasteiger partial charge >= 0.3 is 12.1 Å². The Balaban J connectivity index is 1.71. The van der Waals surface area contributed by atoms with Crippen molar-refractivity contribution in [3.05, 3.63) is 66.0 Å². The van der Waals surface area contributed by atoms with E-state index in [2.05, 4.69) is 14.8 Å². The van der Waals surface area contributed by atoms with Crippen LogP contribution in [0.2, 0.25) is 0 Å². The van der Waals surface area contributed by atoms with E-state index in [1.165, 1.54) is 4.68 Å². The zero-order chi connectivity index (χ0) is 22.6. The quantitative estimate of drug-likeness (QED) is 0.427. The Bertz CT molecular complexity index is 1030. The molecule has 0 aliphatic carbocycles. The van der Waals surface area contributed by atoms with Crippen molar-refractivity contribution in [2.24, 2.45) is 5.73 Å². The van der Waals surface area contributed by atoms with Crippen LogP contribution in [0.5, 0.6) is 0 Å². The summed E-state index contributed by atoms with van der Waals surface area (Å²) in [6.45, 7) is -2.04.